The van der Waals surface area contributed by atoms with Crippen molar-refractivity contribution in [2.45, 2.75) is 32.6 Å². The molecule has 1 saturated heterocycles. The monoisotopic (exact) mass is 223 g/mol. The van der Waals surface area contributed by atoms with Crippen molar-refractivity contribution in [1.82, 2.24) is 20.5 Å². The van der Waals surface area contributed by atoms with Gasteiger partial charge in [-0.15, -0.1) is 5.10 Å². The van der Waals surface area contributed by atoms with Gasteiger partial charge in [-0.1, -0.05) is 13.8 Å². The maximum Gasteiger partial charge on any atom is 0.244 e. The highest BCUT2D eigenvalue weighted by Gasteiger charge is 2.15. The third-order valence-corrected chi connectivity index (χ3v) is 3.19. The molecule has 16 heavy (non-hydrogen) atoms. The lowest BCUT2D eigenvalue weighted by Crippen LogP contribution is -2.28. The molecule has 5 heteroatoms. The van der Waals surface area contributed by atoms with Gasteiger partial charge < -0.3 is 10.2 Å². The van der Waals surface area contributed by atoms with Crippen molar-refractivity contribution >= 4 is 5.95 Å². The average Bonchev–Trinajstić information content (AvgIpc) is 2.64. The summed E-state index contributed by atoms with van der Waals surface area (Å²) in [5, 5.41) is 10.7. The molecule has 1 atom stereocenters. The van der Waals surface area contributed by atoms with Crippen molar-refractivity contribution in [2.24, 2.45) is 0 Å². The van der Waals surface area contributed by atoms with E-state index in [4.69, 9.17) is 0 Å². The normalized spacial score (nSPS) is 19.5. The van der Waals surface area contributed by atoms with Crippen molar-refractivity contribution < 1.29 is 0 Å². The zero-order valence-corrected chi connectivity index (χ0v) is 10.2. The van der Waals surface area contributed by atoms with Gasteiger partial charge in [-0.05, 0) is 19.4 Å². The Balaban J connectivity index is 2.05. The van der Waals surface area contributed by atoms with Gasteiger partial charge in [0.05, 0.1) is 0 Å². The molecule has 1 aromatic heterocycles. The molecule has 1 aliphatic heterocycles. The molecule has 0 bridgehead atoms. The summed E-state index contributed by atoms with van der Waals surface area (Å²) in [6, 6.07) is 0. The molecule has 90 valence electrons. The molecule has 2 rings (SSSR count). The van der Waals surface area contributed by atoms with E-state index in [1.54, 1.807) is 0 Å². The number of rotatable bonds is 3. The van der Waals surface area contributed by atoms with E-state index in [0.717, 1.165) is 50.8 Å². The van der Waals surface area contributed by atoms with E-state index < -0.39 is 0 Å². The van der Waals surface area contributed by atoms with Gasteiger partial charge in [0.25, 0.3) is 0 Å². The second kappa shape index (κ2) is 5.30. The second-order valence-electron chi connectivity index (χ2n) is 4.42. The molecule has 1 aliphatic rings. The van der Waals surface area contributed by atoms with Crippen molar-refractivity contribution in [3.8, 4) is 0 Å². The van der Waals surface area contributed by atoms with Crippen LogP contribution in [0, 0.1) is 0 Å². The van der Waals surface area contributed by atoms with Crippen LogP contribution in [0.4, 0.5) is 5.95 Å². The summed E-state index contributed by atoms with van der Waals surface area (Å²) >= 11 is 0. The third kappa shape index (κ3) is 2.52. The van der Waals surface area contributed by atoms with Gasteiger partial charge in [0.15, 0.2) is 0 Å². The average molecular weight is 223 g/mol. The Bertz CT molecular complexity index is 314. The Morgan fingerprint density at radius 2 is 2.25 bits per heavy atom. The largest absolute Gasteiger partial charge is 0.338 e. The summed E-state index contributed by atoms with van der Waals surface area (Å²) in [4.78, 5) is 6.83. The van der Waals surface area contributed by atoms with Gasteiger partial charge in [-0.2, -0.15) is 4.98 Å². The lowest BCUT2D eigenvalue weighted by molar-refractivity contribution is 0.682. The van der Waals surface area contributed by atoms with Crippen LogP contribution in [0.15, 0.2) is 0 Å². The highest BCUT2D eigenvalue weighted by atomic mass is 15.4. The number of hydrogen-bond donors (Lipinski definition) is 2. The Hall–Kier alpha value is -1.10. The second-order valence-corrected chi connectivity index (χ2v) is 4.42. The topological polar surface area (TPSA) is 56.8 Å². The summed E-state index contributed by atoms with van der Waals surface area (Å²) in [5.41, 5.74) is 0. The van der Waals surface area contributed by atoms with Crippen molar-refractivity contribution in [3.05, 3.63) is 5.82 Å². The third-order valence-electron chi connectivity index (χ3n) is 3.19. The maximum absolute atomic E-state index is 4.58. The minimum Gasteiger partial charge on any atom is -0.338 e. The lowest BCUT2D eigenvalue weighted by Gasteiger charge is -2.17. The molecule has 1 fully saturated rings. The molecule has 0 radical (unpaired) electrons. The summed E-state index contributed by atoms with van der Waals surface area (Å²) in [6.07, 6.45) is 2.25. The number of aromatic amines is 1. The van der Waals surface area contributed by atoms with E-state index in [9.17, 15) is 0 Å². The van der Waals surface area contributed by atoms with Crippen LogP contribution in [0.2, 0.25) is 0 Å². The van der Waals surface area contributed by atoms with Gasteiger partial charge in [-0.25, -0.2) is 0 Å². The van der Waals surface area contributed by atoms with E-state index in [1.807, 2.05) is 0 Å². The highest BCUT2D eigenvalue weighted by Crippen LogP contribution is 2.17. The van der Waals surface area contributed by atoms with Crippen molar-refractivity contribution in [1.29, 1.82) is 0 Å². The Morgan fingerprint density at radius 3 is 3.06 bits per heavy atom. The Kier molecular flexibility index (Phi) is 3.77. The number of aromatic nitrogens is 3. The smallest absolute Gasteiger partial charge is 0.244 e. The Morgan fingerprint density at radius 1 is 1.38 bits per heavy atom. The van der Waals surface area contributed by atoms with Gasteiger partial charge in [0.1, 0.15) is 5.82 Å². The molecule has 0 saturated carbocycles. The molecular weight excluding hydrogens is 202 g/mol. The van der Waals surface area contributed by atoms with Gasteiger partial charge in [0.2, 0.25) is 5.95 Å². The minimum absolute atomic E-state index is 0.464. The van der Waals surface area contributed by atoms with E-state index >= 15 is 0 Å². The van der Waals surface area contributed by atoms with Gasteiger partial charge in [-0.3, -0.25) is 5.10 Å². The summed E-state index contributed by atoms with van der Waals surface area (Å²) in [5.74, 6) is 2.33. The minimum atomic E-state index is 0.464. The molecule has 5 nitrogen and oxygen atoms in total. The first-order chi connectivity index (χ1) is 7.81. The van der Waals surface area contributed by atoms with Crippen LogP contribution < -0.4 is 10.2 Å². The predicted molar refractivity (Wildman–Crippen MR) is 64.8 cm³/mol. The molecule has 0 spiro atoms. The fraction of sp³-hybridized carbons (Fsp3) is 0.818. The highest BCUT2D eigenvalue weighted by molar-refractivity contribution is 5.29. The number of hydrogen-bond acceptors (Lipinski definition) is 4. The van der Waals surface area contributed by atoms with Crippen molar-refractivity contribution in [2.75, 3.05) is 31.1 Å². The van der Waals surface area contributed by atoms with Crippen LogP contribution in [-0.4, -0.2) is 41.4 Å². The SMILES string of the molecule is CCC(C)c1nc(N2CCCNCC2)n[nH]1. The summed E-state index contributed by atoms with van der Waals surface area (Å²) in [7, 11) is 0. The van der Waals surface area contributed by atoms with Crippen LogP contribution in [0.5, 0.6) is 0 Å². The quantitative estimate of drug-likeness (QED) is 0.806. The lowest BCUT2D eigenvalue weighted by atomic mass is 10.1. The fourth-order valence-corrected chi connectivity index (χ4v) is 1.87. The van der Waals surface area contributed by atoms with E-state index in [-0.39, 0.29) is 0 Å². The molecule has 0 aliphatic carbocycles. The van der Waals surface area contributed by atoms with Crippen LogP contribution >= 0.6 is 0 Å². The molecule has 2 N–H and O–H groups in total. The number of nitrogens with zero attached hydrogens (tertiary/aromatic N) is 3. The van der Waals surface area contributed by atoms with Crippen LogP contribution in [0.3, 0.4) is 0 Å². The van der Waals surface area contributed by atoms with Crippen LogP contribution in [-0.2, 0) is 0 Å². The summed E-state index contributed by atoms with van der Waals surface area (Å²) in [6.45, 7) is 8.51. The van der Waals surface area contributed by atoms with Crippen molar-refractivity contribution in [3.63, 3.8) is 0 Å². The van der Waals surface area contributed by atoms with E-state index in [2.05, 4.69) is 39.2 Å². The standard InChI is InChI=1S/C11H21N5/c1-3-9(2)10-13-11(15-14-10)16-7-4-5-12-6-8-16/h9,12H,3-8H2,1-2H3,(H,13,14,15). The number of H-pyrrole nitrogens is 1. The van der Waals surface area contributed by atoms with Crippen LogP contribution in [0.25, 0.3) is 0 Å². The maximum atomic E-state index is 4.58. The molecule has 2 heterocycles. The molecule has 1 aromatic rings. The zero-order chi connectivity index (χ0) is 11.4. The first kappa shape index (κ1) is 11.4. The zero-order valence-electron chi connectivity index (χ0n) is 10.2. The van der Waals surface area contributed by atoms with E-state index in [1.165, 1.54) is 0 Å². The molecule has 1 unspecified atom stereocenters. The first-order valence-corrected chi connectivity index (χ1v) is 6.19. The van der Waals surface area contributed by atoms with Gasteiger partial charge in [0, 0.05) is 25.6 Å². The molecule has 0 aromatic carbocycles. The van der Waals surface area contributed by atoms with Gasteiger partial charge >= 0.3 is 0 Å². The summed E-state index contributed by atoms with van der Waals surface area (Å²) < 4.78 is 0. The number of nitrogens with one attached hydrogen (secondary N) is 2. The fourth-order valence-electron chi connectivity index (χ4n) is 1.87. The van der Waals surface area contributed by atoms with E-state index in [0.29, 0.717) is 5.92 Å². The Labute approximate surface area is 96.6 Å². The van der Waals surface area contributed by atoms with Crippen LogP contribution in [0.1, 0.15) is 38.4 Å². The number of anilines is 1. The molecule has 0 amide bonds. The predicted octanol–water partition coefficient (Wildman–Crippen LogP) is 1.12. The first-order valence-electron chi connectivity index (χ1n) is 6.19. The molecular formula is C11H21N5.